The zero-order valence-electron chi connectivity index (χ0n) is 12.3. The van der Waals surface area contributed by atoms with Gasteiger partial charge in [0.2, 0.25) is 0 Å². The number of likely N-dealkylation sites (tertiary alicyclic amines) is 1. The molecule has 4 nitrogen and oxygen atoms in total. The van der Waals surface area contributed by atoms with E-state index in [0.717, 1.165) is 0 Å². The SMILES string of the molecule is CC(C)(C)OC(=O)N1CC(O)(Cc2cccc(F)c2Br)C1. The van der Waals surface area contributed by atoms with Crippen molar-refractivity contribution in [3.05, 3.63) is 34.1 Å². The second-order valence-electron chi connectivity index (χ2n) is 6.45. The summed E-state index contributed by atoms with van der Waals surface area (Å²) in [5.74, 6) is -0.362. The number of carbonyl (C=O) groups is 1. The fraction of sp³-hybridized carbons (Fsp3) is 0.533. The van der Waals surface area contributed by atoms with Gasteiger partial charge in [-0.15, -0.1) is 0 Å². The maximum Gasteiger partial charge on any atom is 0.410 e. The van der Waals surface area contributed by atoms with E-state index in [1.807, 2.05) is 0 Å². The molecule has 116 valence electrons. The highest BCUT2D eigenvalue weighted by Crippen LogP contribution is 2.30. The van der Waals surface area contributed by atoms with E-state index in [2.05, 4.69) is 15.9 Å². The fourth-order valence-electron chi connectivity index (χ4n) is 2.27. The van der Waals surface area contributed by atoms with Crippen molar-refractivity contribution in [2.75, 3.05) is 13.1 Å². The lowest BCUT2D eigenvalue weighted by atomic mass is 9.87. The fourth-order valence-corrected chi connectivity index (χ4v) is 2.68. The van der Waals surface area contributed by atoms with Crippen LogP contribution in [0.2, 0.25) is 0 Å². The Morgan fingerprint density at radius 3 is 2.67 bits per heavy atom. The van der Waals surface area contributed by atoms with E-state index in [9.17, 15) is 14.3 Å². The van der Waals surface area contributed by atoms with Gasteiger partial charge < -0.3 is 14.7 Å². The van der Waals surface area contributed by atoms with Crippen LogP contribution < -0.4 is 0 Å². The van der Waals surface area contributed by atoms with Crippen molar-refractivity contribution in [1.29, 1.82) is 0 Å². The van der Waals surface area contributed by atoms with E-state index in [-0.39, 0.29) is 25.3 Å². The molecular weight excluding hydrogens is 341 g/mol. The lowest BCUT2D eigenvalue weighted by Gasteiger charge is -2.46. The Morgan fingerprint density at radius 2 is 2.10 bits per heavy atom. The monoisotopic (exact) mass is 359 g/mol. The summed E-state index contributed by atoms with van der Waals surface area (Å²) < 4.78 is 19.0. The minimum atomic E-state index is -1.03. The van der Waals surface area contributed by atoms with Crippen molar-refractivity contribution >= 4 is 22.0 Å². The molecule has 1 fully saturated rings. The third-order valence-electron chi connectivity index (χ3n) is 3.17. The Hall–Kier alpha value is -1.14. The Labute approximate surface area is 132 Å². The van der Waals surface area contributed by atoms with Gasteiger partial charge in [-0.25, -0.2) is 9.18 Å². The molecule has 0 radical (unpaired) electrons. The number of nitrogens with zero attached hydrogens (tertiary/aromatic N) is 1. The van der Waals surface area contributed by atoms with Crippen molar-refractivity contribution in [3.63, 3.8) is 0 Å². The Kier molecular flexibility index (Phi) is 4.31. The van der Waals surface area contributed by atoms with Crippen LogP contribution in [0.1, 0.15) is 26.3 Å². The maximum atomic E-state index is 13.5. The van der Waals surface area contributed by atoms with Gasteiger partial charge in [0, 0.05) is 6.42 Å². The predicted molar refractivity (Wildman–Crippen MR) is 80.6 cm³/mol. The summed E-state index contributed by atoms with van der Waals surface area (Å²) in [5.41, 5.74) is -0.912. The van der Waals surface area contributed by atoms with Gasteiger partial charge in [-0.05, 0) is 48.3 Å². The summed E-state index contributed by atoms with van der Waals surface area (Å²) >= 11 is 3.18. The number of carbonyl (C=O) groups excluding carboxylic acids is 1. The van der Waals surface area contributed by atoms with E-state index in [4.69, 9.17) is 4.74 Å². The minimum Gasteiger partial charge on any atom is -0.444 e. The summed E-state index contributed by atoms with van der Waals surface area (Å²) in [7, 11) is 0. The molecule has 1 N–H and O–H groups in total. The molecule has 1 aromatic carbocycles. The predicted octanol–water partition coefficient (Wildman–Crippen LogP) is 3.11. The van der Waals surface area contributed by atoms with Crippen molar-refractivity contribution in [2.45, 2.75) is 38.4 Å². The largest absolute Gasteiger partial charge is 0.444 e. The van der Waals surface area contributed by atoms with Gasteiger partial charge in [-0.3, -0.25) is 0 Å². The van der Waals surface area contributed by atoms with Crippen LogP contribution in [-0.4, -0.2) is 40.4 Å². The molecule has 21 heavy (non-hydrogen) atoms. The number of hydrogen-bond donors (Lipinski definition) is 1. The second kappa shape index (κ2) is 5.57. The standard InChI is InChI=1S/C15H19BrFNO3/c1-14(2,3)21-13(19)18-8-15(20,9-18)7-10-5-4-6-11(17)12(10)16/h4-6,20H,7-9H2,1-3H3. The minimum absolute atomic E-state index is 0.185. The molecule has 1 saturated heterocycles. The van der Waals surface area contributed by atoms with Gasteiger partial charge in [-0.2, -0.15) is 0 Å². The van der Waals surface area contributed by atoms with Crippen LogP contribution >= 0.6 is 15.9 Å². The van der Waals surface area contributed by atoms with E-state index in [1.54, 1.807) is 32.9 Å². The third-order valence-corrected chi connectivity index (χ3v) is 4.06. The highest BCUT2D eigenvalue weighted by atomic mass is 79.9. The zero-order chi connectivity index (χ0) is 15.8. The summed E-state index contributed by atoms with van der Waals surface area (Å²) in [4.78, 5) is 13.3. The molecule has 2 rings (SSSR count). The Balaban J connectivity index is 1.96. The molecule has 0 spiro atoms. The van der Waals surface area contributed by atoms with Crippen LogP contribution in [-0.2, 0) is 11.2 Å². The van der Waals surface area contributed by atoms with E-state index in [0.29, 0.717) is 10.0 Å². The summed E-state index contributed by atoms with van der Waals surface area (Å²) in [6, 6.07) is 4.70. The maximum absolute atomic E-state index is 13.5. The van der Waals surface area contributed by atoms with Crippen LogP contribution in [0.4, 0.5) is 9.18 Å². The average Bonchev–Trinajstić information content (AvgIpc) is 2.29. The van der Waals surface area contributed by atoms with E-state index < -0.39 is 17.3 Å². The molecule has 1 aliphatic rings. The first-order chi connectivity index (χ1) is 9.60. The summed E-state index contributed by atoms with van der Waals surface area (Å²) in [6.07, 6.45) is -0.157. The molecule has 1 aliphatic heterocycles. The van der Waals surface area contributed by atoms with Gasteiger partial charge in [0.1, 0.15) is 17.0 Å². The lowest BCUT2D eigenvalue weighted by molar-refractivity contribution is -0.0974. The molecule has 0 aromatic heterocycles. The lowest BCUT2D eigenvalue weighted by Crippen LogP contribution is -2.65. The average molecular weight is 360 g/mol. The van der Waals surface area contributed by atoms with Gasteiger partial charge in [-0.1, -0.05) is 12.1 Å². The van der Waals surface area contributed by atoms with Crippen molar-refractivity contribution in [3.8, 4) is 0 Å². The first kappa shape index (κ1) is 16.2. The number of hydrogen-bond acceptors (Lipinski definition) is 3. The summed E-state index contributed by atoms with van der Waals surface area (Å²) in [6.45, 7) is 5.75. The van der Waals surface area contributed by atoms with Crippen LogP contribution in [0.5, 0.6) is 0 Å². The molecule has 0 unspecified atom stereocenters. The first-order valence-corrected chi connectivity index (χ1v) is 7.52. The zero-order valence-corrected chi connectivity index (χ0v) is 13.9. The number of ether oxygens (including phenoxy) is 1. The second-order valence-corrected chi connectivity index (χ2v) is 7.24. The van der Waals surface area contributed by atoms with Gasteiger partial charge in [0.15, 0.2) is 0 Å². The highest BCUT2D eigenvalue weighted by molar-refractivity contribution is 9.10. The number of amides is 1. The highest BCUT2D eigenvalue weighted by Gasteiger charge is 2.45. The molecule has 1 amide bonds. The third kappa shape index (κ3) is 3.95. The van der Waals surface area contributed by atoms with Gasteiger partial charge in [0.05, 0.1) is 17.6 Å². The van der Waals surface area contributed by atoms with E-state index in [1.165, 1.54) is 11.0 Å². The molecule has 0 aliphatic carbocycles. The van der Waals surface area contributed by atoms with Crippen LogP contribution in [0.15, 0.2) is 22.7 Å². The summed E-state index contributed by atoms with van der Waals surface area (Å²) in [5, 5.41) is 10.4. The quantitative estimate of drug-likeness (QED) is 0.882. The van der Waals surface area contributed by atoms with Crippen LogP contribution in [0, 0.1) is 5.82 Å². The molecule has 6 heteroatoms. The molecule has 0 saturated carbocycles. The number of aliphatic hydroxyl groups is 1. The normalized spacial score (nSPS) is 17.3. The van der Waals surface area contributed by atoms with Crippen LogP contribution in [0.3, 0.4) is 0 Å². The van der Waals surface area contributed by atoms with Gasteiger partial charge in [0.25, 0.3) is 0 Å². The number of rotatable bonds is 2. The smallest absolute Gasteiger partial charge is 0.410 e. The topological polar surface area (TPSA) is 49.8 Å². The van der Waals surface area contributed by atoms with Crippen LogP contribution in [0.25, 0.3) is 0 Å². The Bertz CT molecular complexity index is 550. The van der Waals surface area contributed by atoms with E-state index >= 15 is 0 Å². The number of β-amino-alcohol motifs (C(OH)–C–C–N with tert-alkyl or cyclic N) is 1. The molecule has 0 atom stereocenters. The van der Waals surface area contributed by atoms with Gasteiger partial charge >= 0.3 is 6.09 Å². The number of benzene rings is 1. The molecular formula is C15H19BrFNO3. The number of halogens is 2. The Morgan fingerprint density at radius 1 is 1.48 bits per heavy atom. The molecule has 0 bridgehead atoms. The first-order valence-electron chi connectivity index (χ1n) is 6.73. The van der Waals surface area contributed by atoms with Crippen molar-refractivity contribution in [2.24, 2.45) is 0 Å². The van der Waals surface area contributed by atoms with Crippen molar-refractivity contribution < 1.29 is 19.0 Å². The van der Waals surface area contributed by atoms with Crippen molar-refractivity contribution in [1.82, 2.24) is 4.90 Å². The molecule has 1 aromatic rings. The molecule has 1 heterocycles.